The normalized spacial score (nSPS) is 10.7. The number of nitrogens with zero attached hydrogens (tertiary/aromatic N) is 1. The van der Waals surface area contributed by atoms with Gasteiger partial charge in [-0.1, -0.05) is 0 Å². The fourth-order valence-corrected chi connectivity index (χ4v) is 1.74. The van der Waals surface area contributed by atoms with E-state index < -0.39 is 17.5 Å². The van der Waals surface area contributed by atoms with E-state index in [1.807, 2.05) is 0 Å². The summed E-state index contributed by atoms with van der Waals surface area (Å²) in [7, 11) is 1.76. The van der Waals surface area contributed by atoms with Crippen LogP contribution in [0.4, 0.5) is 13.2 Å². The van der Waals surface area contributed by atoms with Crippen LogP contribution in [0.15, 0.2) is 30.6 Å². The van der Waals surface area contributed by atoms with Crippen LogP contribution in [-0.4, -0.2) is 12.0 Å². The van der Waals surface area contributed by atoms with E-state index in [4.69, 9.17) is 0 Å². The zero-order chi connectivity index (χ0) is 13.1. The molecule has 94 valence electrons. The van der Waals surface area contributed by atoms with Gasteiger partial charge in [-0.25, -0.2) is 13.2 Å². The Morgan fingerprint density at radius 1 is 1.06 bits per heavy atom. The number of hydrogen-bond donors (Lipinski definition) is 1. The first-order chi connectivity index (χ1) is 8.61. The number of aromatic nitrogens is 1. The second kappa shape index (κ2) is 5.18. The molecule has 0 unspecified atom stereocenters. The lowest BCUT2D eigenvalue weighted by molar-refractivity contribution is 0.548. The predicted octanol–water partition coefficient (Wildman–Crippen LogP) is 2.89. The molecule has 0 bridgehead atoms. The SMILES string of the molecule is CNCc1cncc(-c2c(F)cc(F)cc2F)c1. The zero-order valence-corrected chi connectivity index (χ0v) is 9.67. The van der Waals surface area contributed by atoms with E-state index in [1.165, 1.54) is 6.20 Å². The van der Waals surface area contributed by atoms with Crippen LogP contribution in [0.5, 0.6) is 0 Å². The van der Waals surface area contributed by atoms with Gasteiger partial charge in [0.05, 0.1) is 5.56 Å². The lowest BCUT2D eigenvalue weighted by Crippen LogP contribution is -2.05. The van der Waals surface area contributed by atoms with Crippen LogP contribution in [0.1, 0.15) is 5.56 Å². The van der Waals surface area contributed by atoms with Crippen LogP contribution < -0.4 is 5.32 Å². The molecule has 0 aliphatic rings. The summed E-state index contributed by atoms with van der Waals surface area (Å²) < 4.78 is 40.0. The maximum atomic E-state index is 13.6. The summed E-state index contributed by atoms with van der Waals surface area (Å²) in [5.41, 5.74) is 0.817. The maximum Gasteiger partial charge on any atom is 0.136 e. The Morgan fingerprint density at radius 3 is 2.33 bits per heavy atom. The molecule has 1 N–H and O–H groups in total. The Balaban J connectivity index is 2.51. The fraction of sp³-hybridized carbons (Fsp3) is 0.154. The van der Waals surface area contributed by atoms with Gasteiger partial charge in [-0.05, 0) is 18.7 Å². The van der Waals surface area contributed by atoms with Crippen molar-refractivity contribution in [3.05, 3.63) is 53.6 Å². The van der Waals surface area contributed by atoms with Crippen LogP contribution in [0.2, 0.25) is 0 Å². The first-order valence-electron chi connectivity index (χ1n) is 5.35. The Hall–Kier alpha value is -1.88. The van der Waals surface area contributed by atoms with Gasteiger partial charge in [-0.3, -0.25) is 4.98 Å². The van der Waals surface area contributed by atoms with Gasteiger partial charge in [0.2, 0.25) is 0 Å². The summed E-state index contributed by atoms with van der Waals surface area (Å²) in [6.07, 6.45) is 2.94. The minimum Gasteiger partial charge on any atom is -0.316 e. The van der Waals surface area contributed by atoms with Crippen LogP contribution in [0, 0.1) is 17.5 Å². The van der Waals surface area contributed by atoms with Gasteiger partial charge < -0.3 is 5.32 Å². The highest BCUT2D eigenvalue weighted by Crippen LogP contribution is 2.26. The molecule has 2 nitrogen and oxygen atoms in total. The molecule has 0 radical (unpaired) electrons. The number of hydrogen-bond acceptors (Lipinski definition) is 2. The zero-order valence-electron chi connectivity index (χ0n) is 9.67. The van der Waals surface area contributed by atoms with Gasteiger partial charge in [0.25, 0.3) is 0 Å². The number of halogens is 3. The van der Waals surface area contributed by atoms with Gasteiger partial charge >= 0.3 is 0 Å². The molecule has 2 aromatic rings. The van der Waals surface area contributed by atoms with Crippen molar-refractivity contribution in [2.75, 3.05) is 7.05 Å². The molecule has 0 fully saturated rings. The van der Waals surface area contributed by atoms with Gasteiger partial charge in [-0.2, -0.15) is 0 Å². The smallest absolute Gasteiger partial charge is 0.136 e. The second-order valence-electron chi connectivity index (χ2n) is 3.86. The first-order valence-corrected chi connectivity index (χ1v) is 5.35. The van der Waals surface area contributed by atoms with Gasteiger partial charge in [-0.15, -0.1) is 0 Å². The third-order valence-corrected chi connectivity index (χ3v) is 2.47. The van der Waals surface area contributed by atoms with Crippen LogP contribution in [-0.2, 0) is 6.54 Å². The molecule has 0 spiro atoms. The standard InChI is InChI=1S/C13H11F3N2/c1-17-5-8-2-9(7-18-6-8)13-11(15)3-10(14)4-12(13)16/h2-4,6-7,17H,5H2,1H3. The third-order valence-electron chi connectivity index (χ3n) is 2.47. The Morgan fingerprint density at radius 2 is 1.72 bits per heavy atom. The molecular formula is C13H11F3N2. The highest BCUT2D eigenvalue weighted by Gasteiger charge is 2.14. The van der Waals surface area contributed by atoms with E-state index in [0.29, 0.717) is 18.7 Å². The van der Waals surface area contributed by atoms with Crippen LogP contribution in [0.25, 0.3) is 11.1 Å². The quantitative estimate of drug-likeness (QED) is 0.908. The van der Waals surface area contributed by atoms with Crippen molar-refractivity contribution < 1.29 is 13.2 Å². The number of benzene rings is 1. The van der Waals surface area contributed by atoms with Gasteiger partial charge in [0, 0.05) is 36.6 Å². The van der Waals surface area contributed by atoms with E-state index >= 15 is 0 Å². The van der Waals surface area contributed by atoms with Crippen molar-refractivity contribution in [2.45, 2.75) is 6.54 Å². The largest absolute Gasteiger partial charge is 0.316 e. The van der Waals surface area contributed by atoms with E-state index in [9.17, 15) is 13.2 Å². The molecule has 0 amide bonds. The molecule has 1 aromatic carbocycles. The van der Waals surface area contributed by atoms with Crippen molar-refractivity contribution in [1.29, 1.82) is 0 Å². The highest BCUT2D eigenvalue weighted by molar-refractivity contribution is 5.64. The van der Waals surface area contributed by atoms with Crippen molar-refractivity contribution >= 4 is 0 Å². The molecule has 0 saturated carbocycles. The number of nitrogens with one attached hydrogen (secondary N) is 1. The molecule has 0 atom stereocenters. The molecule has 5 heteroatoms. The summed E-state index contributed by atoms with van der Waals surface area (Å²) in [4.78, 5) is 3.92. The summed E-state index contributed by atoms with van der Waals surface area (Å²) in [6, 6.07) is 2.93. The maximum absolute atomic E-state index is 13.6. The Kier molecular flexibility index (Phi) is 3.62. The topological polar surface area (TPSA) is 24.9 Å². The Labute approximate surface area is 102 Å². The van der Waals surface area contributed by atoms with E-state index in [2.05, 4.69) is 10.3 Å². The molecule has 0 aliphatic heterocycles. The molecule has 0 aliphatic carbocycles. The molecule has 1 aromatic heterocycles. The van der Waals surface area contributed by atoms with E-state index in [1.54, 1.807) is 19.3 Å². The average molecular weight is 252 g/mol. The second-order valence-corrected chi connectivity index (χ2v) is 3.86. The van der Waals surface area contributed by atoms with Gasteiger partial charge in [0.1, 0.15) is 17.5 Å². The first kappa shape index (κ1) is 12.6. The molecule has 18 heavy (non-hydrogen) atoms. The van der Waals surface area contributed by atoms with Crippen LogP contribution in [0.3, 0.4) is 0 Å². The summed E-state index contributed by atoms with van der Waals surface area (Å²) in [5, 5.41) is 2.91. The molecule has 1 heterocycles. The van der Waals surface area contributed by atoms with Crippen LogP contribution >= 0.6 is 0 Å². The number of pyridine rings is 1. The van der Waals surface area contributed by atoms with Crippen molar-refractivity contribution in [3.8, 4) is 11.1 Å². The number of rotatable bonds is 3. The van der Waals surface area contributed by atoms with Crippen molar-refractivity contribution in [2.24, 2.45) is 0 Å². The van der Waals surface area contributed by atoms with E-state index in [0.717, 1.165) is 5.56 Å². The third kappa shape index (κ3) is 2.51. The molecule has 0 saturated heterocycles. The van der Waals surface area contributed by atoms with Gasteiger partial charge in [0.15, 0.2) is 0 Å². The molecular weight excluding hydrogens is 241 g/mol. The van der Waals surface area contributed by atoms with Crippen molar-refractivity contribution in [1.82, 2.24) is 10.3 Å². The lowest BCUT2D eigenvalue weighted by atomic mass is 10.0. The minimum atomic E-state index is -0.937. The monoisotopic (exact) mass is 252 g/mol. The average Bonchev–Trinajstić information content (AvgIpc) is 2.28. The van der Waals surface area contributed by atoms with Crippen molar-refractivity contribution in [3.63, 3.8) is 0 Å². The summed E-state index contributed by atoms with van der Waals surface area (Å²) in [6.45, 7) is 0.533. The molecule has 2 rings (SSSR count). The minimum absolute atomic E-state index is 0.262. The lowest BCUT2D eigenvalue weighted by Gasteiger charge is -2.07. The predicted molar refractivity (Wildman–Crippen MR) is 62.3 cm³/mol. The Bertz CT molecular complexity index is 547. The summed E-state index contributed by atoms with van der Waals surface area (Å²) in [5.74, 6) is -2.81. The fourth-order valence-electron chi connectivity index (χ4n) is 1.74. The van der Waals surface area contributed by atoms with E-state index in [-0.39, 0.29) is 11.1 Å². The highest BCUT2D eigenvalue weighted by atomic mass is 19.1. The summed E-state index contributed by atoms with van der Waals surface area (Å²) >= 11 is 0.